The van der Waals surface area contributed by atoms with E-state index in [1.807, 2.05) is 6.07 Å². The van der Waals surface area contributed by atoms with Crippen LogP contribution in [0.15, 0.2) is 42.5 Å². The summed E-state index contributed by atoms with van der Waals surface area (Å²) in [4.78, 5) is 13.0. The first kappa shape index (κ1) is 16.3. The van der Waals surface area contributed by atoms with Gasteiger partial charge in [0.2, 0.25) is 5.91 Å². The average molecular weight is 338 g/mol. The molecule has 130 valence electrons. The number of halogens is 1. The third kappa shape index (κ3) is 3.07. The van der Waals surface area contributed by atoms with Gasteiger partial charge < -0.3 is 10.6 Å². The molecule has 0 aromatic heterocycles. The van der Waals surface area contributed by atoms with Gasteiger partial charge in [-0.2, -0.15) is 0 Å². The maximum atomic E-state index is 13.7. The van der Waals surface area contributed by atoms with Crippen molar-refractivity contribution < 1.29 is 9.18 Å². The van der Waals surface area contributed by atoms with Crippen molar-refractivity contribution in [1.82, 2.24) is 10.6 Å². The molecule has 2 aromatic rings. The molecule has 0 radical (unpaired) electrons. The fourth-order valence-corrected chi connectivity index (χ4v) is 4.22. The SMILES string of the molecule is O=C(NCc1ccc2c(c1)CNC2)C1(c2cccc(F)c2)CCCC1. The van der Waals surface area contributed by atoms with Gasteiger partial charge in [-0.15, -0.1) is 0 Å². The maximum Gasteiger partial charge on any atom is 0.230 e. The highest BCUT2D eigenvalue weighted by atomic mass is 19.1. The van der Waals surface area contributed by atoms with E-state index in [0.717, 1.165) is 49.9 Å². The van der Waals surface area contributed by atoms with Gasteiger partial charge in [-0.25, -0.2) is 4.39 Å². The summed E-state index contributed by atoms with van der Waals surface area (Å²) in [6, 6.07) is 12.9. The number of fused-ring (bicyclic) bond motifs is 1. The van der Waals surface area contributed by atoms with Crippen LogP contribution in [-0.2, 0) is 29.8 Å². The van der Waals surface area contributed by atoms with Crippen LogP contribution in [0.3, 0.4) is 0 Å². The molecule has 1 saturated carbocycles. The lowest BCUT2D eigenvalue weighted by Gasteiger charge is -2.28. The Morgan fingerprint density at radius 3 is 2.68 bits per heavy atom. The van der Waals surface area contributed by atoms with Gasteiger partial charge in [-0.1, -0.05) is 43.2 Å². The van der Waals surface area contributed by atoms with E-state index in [0.29, 0.717) is 6.54 Å². The first-order valence-corrected chi connectivity index (χ1v) is 9.03. The molecule has 1 fully saturated rings. The number of nitrogens with one attached hydrogen (secondary N) is 2. The van der Waals surface area contributed by atoms with Crippen LogP contribution in [-0.4, -0.2) is 5.91 Å². The minimum atomic E-state index is -0.583. The van der Waals surface area contributed by atoms with Gasteiger partial charge in [0.25, 0.3) is 0 Å². The zero-order valence-electron chi connectivity index (χ0n) is 14.3. The fourth-order valence-electron chi connectivity index (χ4n) is 4.22. The predicted molar refractivity (Wildman–Crippen MR) is 95.4 cm³/mol. The van der Waals surface area contributed by atoms with Crippen LogP contribution in [0.1, 0.15) is 47.9 Å². The van der Waals surface area contributed by atoms with Gasteiger partial charge in [0.05, 0.1) is 5.41 Å². The molecular formula is C21H23FN2O. The molecule has 25 heavy (non-hydrogen) atoms. The third-order valence-corrected chi connectivity index (χ3v) is 5.62. The normalized spacial score (nSPS) is 18.1. The highest BCUT2D eigenvalue weighted by molar-refractivity contribution is 5.88. The molecule has 0 saturated heterocycles. The molecule has 4 rings (SSSR count). The van der Waals surface area contributed by atoms with E-state index in [1.54, 1.807) is 6.07 Å². The number of hydrogen-bond acceptors (Lipinski definition) is 2. The van der Waals surface area contributed by atoms with Gasteiger partial charge in [0, 0.05) is 19.6 Å². The largest absolute Gasteiger partial charge is 0.351 e. The van der Waals surface area contributed by atoms with Crippen molar-refractivity contribution in [2.24, 2.45) is 0 Å². The minimum Gasteiger partial charge on any atom is -0.351 e. The first-order chi connectivity index (χ1) is 12.2. The number of carbonyl (C=O) groups excluding carboxylic acids is 1. The molecule has 1 aliphatic heterocycles. The number of amides is 1. The van der Waals surface area contributed by atoms with E-state index in [1.165, 1.54) is 23.3 Å². The average Bonchev–Trinajstić information content (AvgIpc) is 3.29. The summed E-state index contributed by atoms with van der Waals surface area (Å²) in [7, 11) is 0. The summed E-state index contributed by atoms with van der Waals surface area (Å²) in [5.41, 5.74) is 3.99. The second-order valence-electron chi connectivity index (χ2n) is 7.19. The Hall–Kier alpha value is -2.20. The molecule has 2 aliphatic rings. The van der Waals surface area contributed by atoms with Gasteiger partial charge in [0.1, 0.15) is 5.82 Å². The quantitative estimate of drug-likeness (QED) is 0.895. The van der Waals surface area contributed by atoms with E-state index in [-0.39, 0.29) is 11.7 Å². The Labute approximate surface area is 147 Å². The fraction of sp³-hybridized carbons (Fsp3) is 0.381. The van der Waals surface area contributed by atoms with Crippen LogP contribution in [0.4, 0.5) is 4.39 Å². The van der Waals surface area contributed by atoms with Crippen molar-refractivity contribution in [1.29, 1.82) is 0 Å². The molecule has 1 amide bonds. The van der Waals surface area contributed by atoms with E-state index in [2.05, 4.69) is 28.8 Å². The van der Waals surface area contributed by atoms with Gasteiger partial charge >= 0.3 is 0 Å². The van der Waals surface area contributed by atoms with Crippen molar-refractivity contribution in [3.8, 4) is 0 Å². The zero-order chi connectivity index (χ0) is 17.3. The second kappa shape index (κ2) is 6.60. The molecular weight excluding hydrogens is 315 g/mol. The van der Waals surface area contributed by atoms with Crippen LogP contribution < -0.4 is 10.6 Å². The first-order valence-electron chi connectivity index (χ1n) is 9.03. The summed E-state index contributed by atoms with van der Waals surface area (Å²) >= 11 is 0. The predicted octanol–water partition coefficient (Wildman–Crippen LogP) is 3.56. The van der Waals surface area contributed by atoms with Crippen LogP contribution in [0.25, 0.3) is 0 Å². The molecule has 0 bridgehead atoms. The van der Waals surface area contributed by atoms with Crippen LogP contribution in [0.5, 0.6) is 0 Å². The van der Waals surface area contributed by atoms with Crippen LogP contribution >= 0.6 is 0 Å². The molecule has 0 spiro atoms. The molecule has 0 atom stereocenters. The van der Waals surface area contributed by atoms with Crippen LogP contribution in [0.2, 0.25) is 0 Å². The Morgan fingerprint density at radius 1 is 1.08 bits per heavy atom. The monoisotopic (exact) mass is 338 g/mol. The molecule has 1 heterocycles. The lowest BCUT2D eigenvalue weighted by molar-refractivity contribution is -0.126. The highest BCUT2D eigenvalue weighted by Crippen LogP contribution is 2.41. The summed E-state index contributed by atoms with van der Waals surface area (Å²) in [6.07, 6.45) is 3.59. The smallest absolute Gasteiger partial charge is 0.230 e. The molecule has 4 heteroatoms. The summed E-state index contributed by atoms with van der Waals surface area (Å²) in [6.45, 7) is 2.33. The van der Waals surface area contributed by atoms with E-state index in [4.69, 9.17) is 0 Å². The van der Waals surface area contributed by atoms with Gasteiger partial charge in [-0.05, 0) is 47.2 Å². The maximum absolute atomic E-state index is 13.7. The number of benzene rings is 2. The van der Waals surface area contributed by atoms with Crippen molar-refractivity contribution in [2.45, 2.75) is 50.7 Å². The molecule has 2 N–H and O–H groups in total. The summed E-state index contributed by atoms with van der Waals surface area (Å²) in [5, 5.41) is 6.44. The standard InChI is InChI=1S/C21H23FN2O/c22-19-5-3-4-18(11-19)21(8-1-2-9-21)20(25)24-12-15-6-7-16-13-23-14-17(16)10-15/h3-7,10-11,23H,1-2,8-9,12-14H2,(H,24,25). The van der Waals surface area contributed by atoms with Gasteiger partial charge in [-0.3, -0.25) is 4.79 Å². The number of hydrogen-bond donors (Lipinski definition) is 2. The Kier molecular flexibility index (Phi) is 4.30. The Bertz CT molecular complexity index is 796. The van der Waals surface area contributed by atoms with Crippen molar-refractivity contribution >= 4 is 5.91 Å². The molecule has 1 aliphatic carbocycles. The highest BCUT2D eigenvalue weighted by Gasteiger charge is 2.42. The van der Waals surface area contributed by atoms with Crippen molar-refractivity contribution in [3.05, 3.63) is 70.5 Å². The Morgan fingerprint density at radius 2 is 1.88 bits per heavy atom. The second-order valence-corrected chi connectivity index (χ2v) is 7.19. The van der Waals surface area contributed by atoms with Crippen molar-refractivity contribution in [2.75, 3.05) is 0 Å². The molecule has 0 unspecified atom stereocenters. The summed E-state index contributed by atoms with van der Waals surface area (Å²) < 4.78 is 13.7. The lowest BCUT2D eigenvalue weighted by atomic mass is 9.78. The van der Waals surface area contributed by atoms with Crippen molar-refractivity contribution in [3.63, 3.8) is 0 Å². The third-order valence-electron chi connectivity index (χ3n) is 5.62. The summed E-state index contributed by atoms with van der Waals surface area (Å²) in [5.74, 6) is -0.253. The number of carbonyl (C=O) groups is 1. The zero-order valence-corrected chi connectivity index (χ0v) is 14.3. The van der Waals surface area contributed by atoms with E-state index in [9.17, 15) is 9.18 Å². The van der Waals surface area contributed by atoms with Crippen LogP contribution in [0, 0.1) is 5.82 Å². The molecule has 2 aromatic carbocycles. The van der Waals surface area contributed by atoms with E-state index >= 15 is 0 Å². The van der Waals surface area contributed by atoms with E-state index < -0.39 is 5.41 Å². The lowest BCUT2D eigenvalue weighted by Crippen LogP contribution is -2.42. The number of rotatable bonds is 4. The topological polar surface area (TPSA) is 41.1 Å². The van der Waals surface area contributed by atoms with Gasteiger partial charge in [0.15, 0.2) is 0 Å². The Balaban J connectivity index is 1.52. The molecule has 3 nitrogen and oxygen atoms in total. The minimum absolute atomic E-state index is 0.0224.